The van der Waals surface area contributed by atoms with Crippen molar-refractivity contribution in [3.8, 4) is 34.2 Å². The van der Waals surface area contributed by atoms with Crippen molar-refractivity contribution in [3.05, 3.63) is 255 Å². The average molecular weight is 927 g/mol. The van der Waals surface area contributed by atoms with Crippen LogP contribution in [-0.4, -0.2) is 27.2 Å². The van der Waals surface area contributed by atoms with Crippen LogP contribution in [-0.2, 0) is 0 Å². The molecule has 10 aromatic carbocycles. The van der Waals surface area contributed by atoms with Crippen LogP contribution in [0.4, 0.5) is 0 Å². The molecule has 4 heterocycles. The van der Waals surface area contributed by atoms with Gasteiger partial charge < -0.3 is 4.57 Å². The van der Waals surface area contributed by atoms with Gasteiger partial charge in [-0.15, -0.1) is 11.3 Å². The van der Waals surface area contributed by atoms with E-state index in [1.54, 1.807) is 0 Å². The van der Waals surface area contributed by atoms with E-state index in [0.717, 1.165) is 44.7 Å². The molecule has 4 nitrogen and oxygen atoms in total. The summed E-state index contributed by atoms with van der Waals surface area (Å²) in [5.74, 6) is 1.51. The molecule has 0 aliphatic heterocycles. The molecule has 0 N–H and O–H groups in total. The number of aromatic nitrogens is 4. The zero-order chi connectivity index (χ0) is 46.2. The number of nitrogens with zero attached hydrogens (tertiary/aromatic N) is 4. The van der Waals surface area contributed by atoms with Gasteiger partial charge in [-0.25, -0.2) is 9.97 Å². The van der Waals surface area contributed by atoms with E-state index in [9.17, 15) is 0 Å². The van der Waals surface area contributed by atoms with Crippen LogP contribution < -0.4 is 20.7 Å². The van der Waals surface area contributed by atoms with Gasteiger partial charge in [0.1, 0.15) is 5.82 Å². The van der Waals surface area contributed by atoms with E-state index in [1.807, 2.05) is 11.3 Å². The minimum Gasteiger partial charge on any atom is -0.309 e. The minimum absolute atomic E-state index is 0.695. The van der Waals surface area contributed by atoms with E-state index in [-0.39, 0.29) is 0 Å². The smallest absolute Gasteiger partial charge is 0.179 e. The quantitative estimate of drug-likeness (QED) is 0.112. The molecule has 0 bridgehead atoms. The predicted octanol–water partition coefficient (Wildman–Crippen LogP) is 13.8. The largest absolute Gasteiger partial charge is 0.309 e. The molecule has 4 aromatic heterocycles. The Morgan fingerprint density at radius 2 is 0.843 bits per heavy atom. The summed E-state index contributed by atoms with van der Waals surface area (Å²) in [6.07, 6.45) is 0. The van der Waals surface area contributed by atoms with Crippen molar-refractivity contribution in [2.45, 2.75) is 0 Å². The monoisotopic (exact) mass is 926 g/mol. The number of benzene rings is 10. The Kier molecular flexibility index (Phi) is 9.37. The lowest BCUT2D eigenvalue weighted by atomic mass is 10.1. The van der Waals surface area contributed by atoms with Gasteiger partial charge in [-0.3, -0.25) is 4.57 Å². The number of fused-ring (bicyclic) bond motifs is 9. The Morgan fingerprint density at radius 3 is 1.49 bits per heavy atom. The maximum atomic E-state index is 5.62. The number of para-hydroxylation sites is 3. The predicted molar refractivity (Wildman–Crippen MR) is 298 cm³/mol. The van der Waals surface area contributed by atoms with Crippen LogP contribution >= 0.6 is 11.3 Å². The van der Waals surface area contributed by atoms with Crippen molar-refractivity contribution in [2.75, 3.05) is 0 Å². The molecule has 0 saturated heterocycles. The topological polar surface area (TPSA) is 35.6 Å². The van der Waals surface area contributed by atoms with Gasteiger partial charge in [0.2, 0.25) is 0 Å². The molecule has 0 unspecified atom stereocenters. The molecule has 0 aliphatic carbocycles. The van der Waals surface area contributed by atoms with Gasteiger partial charge in [-0.2, -0.15) is 0 Å². The Bertz CT molecular complexity index is 4160. The molecule has 14 rings (SSSR count). The summed E-state index contributed by atoms with van der Waals surface area (Å²) in [4.78, 5) is 11.2. The van der Waals surface area contributed by atoms with E-state index >= 15 is 0 Å². The highest BCUT2D eigenvalue weighted by atomic mass is 32.1. The molecule has 14 aromatic rings. The van der Waals surface area contributed by atoms with Crippen LogP contribution in [0.15, 0.2) is 255 Å². The highest BCUT2D eigenvalue weighted by molar-refractivity contribution is 7.26. The lowest BCUT2D eigenvalue weighted by molar-refractivity contribution is 1.05. The van der Waals surface area contributed by atoms with Crippen LogP contribution in [0.5, 0.6) is 0 Å². The molecule has 328 valence electrons. The number of thiophene rings is 1. The SMILES string of the molecule is c1ccc([Si](c2ccccc2)(c2ccccc2)c2cccc(-c3cc(-n4c5ccccc5c5cc(-n6c7ccccc7c7ccccc76)ccc54)nc(-c4cccc5c4sc4ccccc45)n3)c2)cc1. The lowest BCUT2D eigenvalue weighted by Gasteiger charge is -2.34. The fourth-order valence-corrected chi connectivity index (χ4v) is 17.3. The van der Waals surface area contributed by atoms with Crippen LogP contribution in [0.3, 0.4) is 0 Å². The molecule has 0 spiro atoms. The maximum absolute atomic E-state index is 5.62. The van der Waals surface area contributed by atoms with Gasteiger partial charge in [-0.05, 0) is 69.3 Å². The van der Waals surface area contributed by atoms with Crippen molar-refractivity contribution in [2.24, 2.45) is 0 Å². The van der Waals surface area contributed by atoms with E-state index in [1.165, 1.54) is 68.1 Å². The van der Waals surface area contributed by atoms with Gasteiger partial charge in [0.25, 0.3) is 0 Å². The molecule has 0 saturated carbocycles. The zero-order valence-electron chi connectivity index (χ0n) is 37.9. The Morgan fingerprint density at radius 1 is 0.343 bits per heavy atom. The molecular weight excluding hydrogens is 885 g/mol. The standard InChI is InChI=1S/C64H42N4SSi/c1-4-21-45(22-5-1)70(46-23-6-2-7-24-46,47-25-8-3-9-26-47)48-27-18-20-43(40-48)56-42-62(66-64(65-56)54-33-19-32-53-52-31-13-17-37-61(52)69-63(53)54)68-59-36-16-12-30-51(59)55-41-44(38-39-60(55)68)67-57-34-14-10-28-49(57)50-29-11-15-35-58(50)67/h1-42H. The molecule has 0 amide bonds. The van der Waals surface area contributed by atoms with Crippen LogP contribution in [0, 0.1) is 0 Å². The third kappa shape index (κ3) is 6.20. The van der Waals surface area contributed by atoms with Crippen molar-refractivity contribution in [3.63, 3.8) is 0 Å². The Labute approximate surface area is 409 Å². The summed E-state index contributed by atoms with van der Waals surface area (Å²) >= 11 is 1.81. The van der Waals surface area contributed by atoms with Crippen molar-refractivity contribution in [1.29, 1.82) is 0 Å². The summed E-state index contributed by atoms with van der Waals surface area (Å²) < 4.78 is 7.18. The third-order valence-electron chi connectivity index (χ3n) is 14.3. The minimum atomic E-state index is -2.85. The highest BCUT2D eigenvalue weighted by Crippen LogP contribution is 2.41. The fourth-order valence-electron chi connectivity index (χ4n) is 11.3. The van der Waals surface area contributed by atoms with Gasteiger partial charge in [-0.1, -0.05) is 200 Å². The first-order chi connectivity index (χ1) is 34.7. The molecular formula is C64H42N4SSi. The first-order valence-corrected chi connectivity index (χ1v) is 26.6. The second kappa shape index (κ2) is 16.2. The molecule has 70 heavy (non-hydrogen) atoms. The van der Waals surface area contributed by atoms with Crippen LogP contribution in [0.2, 0.25) is 0 Å². The van der Waals surface area contributed by atoms with Gasteiger partial charge >= 0.3 is 0 Å². The summed E-state index contributed by atoms with van der Waals surface area (Å²) in [5.41, 5.74) is 8.59. The molecule has 0 fully saturated rings. The van der Waals surface area contributed by atoms with Crippen LogP contribution in [0.25, 0.3) is 97.9 Å². The van der Waals surface area contributed by atoms with Crippen molar-refractivity contribution in [1.82, 2.24) is 19.1 Å². The Hall–Kier alpha value is -8.68. The third-order valence-corrected chi connectivity index (χ3v) is 20.3. The normalized spacial score (nSPS) is 12.0. The second-order valence-electron chi connectivity index (χ2n) is 18.1. The van der Waals surface area contributed by atoms with E-state index in [2.05, 4.69) is 264 Å². The maximum Gasteiger partial charge on any atom is 0.179 e. The first-order valence-electron chi connectivity index (χ1n) is 23.8. The lowest BCUT2D eigenvalue weighted by Crippen LogP contribution is -2.74. The molecule has 0 aliphatic rings. The molecule has 6 heteroatoms. The van der Waals surface area contributed by atoms with Crippen LogP contribution in [0.1, 0.15) is 0 Å². The molecule has 0 radical (unpaired) electrons. The number of hydrogen-bond donors (Lipinski definition) is 0. The van der Waals surface area contributed by atoms with E-state index < -0.39 is 8.07 Å². The summed E-state index contributed by atoms with van der Waals surface area (Å²) in [5, 5.41) is 12.6. The summed E-state index contributed by atoms with van der Waals surface area (Å²) in [7, 11) is -2.85. The van der Waals surface area contributed by atoms with E-state index in [0.29, 0.717) is 5.82 Å². The van der Waals surface area contributed by atoms with Gasteiger partial charge in [0.15, 0.2) is 13.9 Å². The molecule has 0 atom stereocenters. The first kappa shape index (κ1) is 40.4. The fraction of sp³-hybridized carbons (Fsp3) is 0. The summed E-state index contributed by atoms with van der Waals surface area (Å²) in [6.45, 7) is 0. The average Bonchev–Trinajstić information content (AvgIpc) is 4.10. The highest BCUT2D eigenvalue weighted by Gasteiger charge is 2.41. The van der Waals surface area contributed by atoms with Gasteiger partial charge in [0.05, 0.1) is 27.8 Å². The van der Waals surface area contributed by atoms with Crippen molar-refractivity contribution >= 4 is 104 Å². The second-order valence-corrected chi connectivity index (χ2v) is 22.9. The van der Waals surface area contributed by atoms with Crippen molar-refractivity contribution < 1.29 is 0 Å². The Balaban J connectivity index is 1.03. The summed E-state index contributed by atoms with van der Waals surface area (Å²) in [6, 6.07) is 93.2. The number of hydrogen-bond acceptors (Lipinski definition) is 3. The number of rotatable bonds is 8. The van der Waals surface area contributed by atoms with E-state index in [4.69, 9.17) is 9.97 Å². The van der Waals surface area contributed by atoms with Gasteiger partial charge in [0, 0.05) is 64.6 Å². The zero-order valence-corrected chi connectivity index (χ0v) is 39.8.